The summed E-state index contributed by atoms with van der Waals surface area (Å²) in [6.45, 7) is 1.31. The average Bonchev–Trinajstić information content (AvgIpc) is 2.26. The molecule has 1 aromatic carbocycles. The van der Waals surface area contributed by atoms with E-state index in [0.717, 1.165) is 5.56 Å². The number of carbonyl (C=O) groups excluding carboxylic acids is 2. The third-order valence-corrected chi connectivity index (χ3v) is 1.88. The molecule has 0 aliphatic heterocycles. The summed E-state index contributed by atoms with van der Waals surface area (Å²) in [5.41, 5.74) is 5.70. The van der Waals surface area contributed by atoms with Crippen LogP contribution in [0.5, 0.6) is 11.5 Å². The van der Waals surface area contributed by atoms with Gasteiger partial charge in [-0.3, -0.25) is 9.59 Å². The van der Waals surface area contributed by atoms with Gasteiger partial charge in [-0.15, -0.1) is 0 Å². The van der Waals surface area contributed by atoms with Gasteiger partial charge >= 0.3 is 5.97 Å². The standard InChI is InChI=1S/C12H13NO4/c1-8(14)17-10-5-3-9(4-6-12(13)15)7-11(10)16-2/h3-7H,1-2H3,(H2,13,15). The molecule has 5 nitrogen and oxygen atoms in total. The highest BCUT2D eigenvalue weighted by molar-refractivity contribution is 5.90. The summed E-state index contributed by atoms with van der Waals surface area (Å²) in [5, 5.41) is 0. The fourth-order valence-electron chi connectivity index (χ4n) is 1.21. The molecule has 0 fully saturated rings. The van der Waals surface area contributed by atoms with Crippen molar-refractivity contribution in [3.63, 3.8) is 0 Å². The third-order valence-electron chi connectivity index (χ3n) is 1.88. The molecule has 0 unspecified atom stereocenters. The highest BCUT2D eigenvalue weighted by Gasteiger charge is 2.06. The van der Waals surface area contributed by atoms with Crippen molar-refractivity contribution in [3.8, 4) is 11.5 Å². The van der Waals surface area contributed by atoms with Gasteiger partial charge in [-0.1, -0.05) is 6.07 Å². The fourth-order valence-corrected chi connectivity index (χ4v) is 1.21. The Morgan fingerprint density at radius 3 is 2.53 bits per heavy atom. The fraction of sp³-hybridized carbons (Fsp3) is 0.167. The summed E-state index contributed by atoms with van der Waals surface area (Å²) in [6, 6.07) is 4.90. The number of amides is 1. The Labute approximate surface area is 98.8 Å². The molecular formula is C12H13NO4. The molecule has 0 saturated heterocycles. The maximum Gasteiger partial charge on any atom is 0.308 e. The van der Waals surface area contributed by atoms with Crippen LogP contribution in [0, 0.1) is 0 Å². The lowest BCUT2D eigenvalue weighted by Crippen LogP contribution is -2.05. The lowest BCUT2D eigenvalue weighted by atomic mass is 10.2. The number of hydrogen-bond acceptors (Lipinski definition) is 4. The van der Waals surface area contributed by atoms with Gasteiger partial charge in [0, 0.05) is 13.0 Å². The van der Waals surface area contributed by atoms with E-state index >= 15 is 0 Å². The Hall–Kier alpha value is -2.30. The summed E-state index contributed by atoms with van der Waals surface area (Å²) < 4.78 is 10.0. The van der Waals surface area contributed by atoms with Gasteiger partial charge < -0.3 is 15.2 Å². The van der Waals surface area contributed by atoms with Crippen LogP contribution in [0.3, 0.4) is 0 Å². The first kappa shape index (κ1) is 12.8. The van der Waals surface area contributed by atoms with Crippen LogP contribution < -0.4 is 15.2 Å². The summed E-state index contributed by atoms with van der Waals surface area (Å²) in [7, 11) is 1.46. The molecule has 0 aromatic heterocycles. The van der Waals surface area contributed by atoms with E-state index in [9.17, 15) is 9.59 Å². The molecule has 1 amide bonds. The highest BCUT2D eigenvalue weighted by atomic mass is 16.6. The van der Waals surface area contributed by atoms with Crippen molar-refractivity contribution < 1.29 is 19.1 Å². The van der Waals surface area contributed by atoms with E-state index in [1.165, 1.54) is 20.1 Å². The first-order valence-corrected chi connectivity index (χ1v) is 4.87. The molecule has 2 N–H and O–H groups in total. The number of nitrogens with two attached hydrogens (primary N) is 1. The Balaban J connectivity index is 2.99. The van der Waals surface area contributed by atoms with Crippen LogP contribution in [-0.4, -0.2) is 19.0 Å². The Bertz CT molecular complexity index is 466. The summed E-state index contributed by atoms with van der Waals surface area (Å²) in [4.78, 5) is 21.4. The van der Waals surface area contributed by atoms with Gasteiger partial charge in [-0.25, -0.2) is 0 Å². The second-order valence-corrected chi connectivity index (χ2v) is 3.24. The number of methoxy groups -OCH3 is 1. The largest absolute Gasteiger partial charge is 0.493 e. The van der Waals surface area contributed by atoms with E-state index < -0.39 is 11.9 Å². The third kappa shape index (κ3) is 3.98. The molecule has 0 atom stereocenters. The zero-order valence-electron chi connectivity index (χ0n) is 9.60. The minimum Gasteiger partial charge on any atom is -0.493 e. The molecule has 5 heteroatoms. The SMILES string of the molecule is COc1cc(C=CC(N)=O)ccc1OC(C)=O. The van der Waals surface area contributed by atoms with Gasteiger partial charge in [0.05, 0.1) is 7.11 Å². The number of esters is 1. The smallest absolute Gasteiger partial charge is 0.308 e. The minimum atomic E-state index is -0.534. The van der Waals surface area contributed by atoms with E-state index in [0.29, 0.717) is 11.5 Å². The average molecular weight is 235 g/mol. The quantitative estimate of drug-likeness (QED) is 0.482. The number of primary amides is 1. The normalized spacial score (nSPS) is 10.2. The predicted octanol–water partition coefficient (Wildman–Crippen LogP) is 1.12. The molecule has 0 aliphatic rings. The second kappa shape index (κ2) is 5.69. The summed E-state index contributed by atoms with van der Waals surface area (Å²) >= 11 is 0. The van der Waals surface area contributed by atoms with Crippen molar-refractivity contribution in [1.29, 1.82) is 0 Å². The topological polar surface area (TPSA) is 78.6 Å². The van der Waals surface area contributed by atoms with Crippen molar-refractivity contribution in [2.24, 2.45) is 5.73 Å². The van der Waals surface area contributed by atoms with E-state index in [4.69, 9.17) is 15.2 Å². The number of rotatable bonds is 4. The lowest BCUT2D eigenvalue weighted by molar-refractivity contribution is -0.132. The molecule has 0 radical (unpaired) electrons. The molecule has 90 valence electrons. The number of benzene rings is 1. The maximum atomic E-state index is 10.8. The first-order chi connectivity index (χ1) is 8.02. The van der Waals surface area contributed by atoms with Crippen molar-refractivity contribution in [1.82, 2.24) is 0 Å². The molecule has 0 heterocycles. The molecule has 0 bridgehead atoms. The van der Waals surface area contributed by atoms with Crippen LogP contribution in [-0.2, 0) is 9.59 Å². The van der Waals surface area contributed by atoms with Crippen LogP contribution in [0.25, 0.3) is 6.08 Å². The lowest BCUT2D eigenvalue weighted by Gasteiger charge is -2.08. The van der Waals surface area contributed by atoms with Crippen molar-refractivity contribution in [3.05, 3.63) is 29.8 Å². The minimum absolute atomic E-state index is 0.330. The zero-order valence-corrected chi connectivity index (χ0v) is 9.60. The van der Waals surface area contributed by atoms with Crippen LogP contribution in [0.15, 0.2) is 24.3 Å². The van der Waals surface area contributed by atoms with E-state index in [-0.39, 0.29) is 0 Å². The zero-order chi connectivity index (χ0) is 12.8. The molecule has 1 rings (SSSR count). The molecule has 0 saturated carbocycles. The van der Waals surface area contributed by atoms with Crippen molar-refractivity contribution in [2.45, 2.75) is 6.92 Å². The molecule has 1 aromatic rings. The molecular weight excluding hydrogens is 222 g/mol. The van der Waals surface area contributed by atoms with E-state index in [2.05, 4.69) is 0 Å². The van der Waals surface area contributed by atoms with Gasteiger partial charge in [0.15, 0.2) is 11.5 Å². The van der Waals surface area contributed by atoms with Gasteiger partial charge in [0.1, 0.15) is 0 Å². The van der Waals surface area contributed by atoms with E-state index in [1.54, 1.807) is 24.3 Å². The number of ether oxygens (including phenoxy) is 2. The Kier molecular flexibility index (Phi) is 4.28. The molecule has 0 aliphatic carbocycles. The van der Waals surface area contributed by atoms with Crippen molar-refractivity contribution >= 4 is 18.0 Å². The van der Waals surface area contributed by atoms with Crippen LogP contribution >= 0.6 is 0 Å². The van der Waals surface area contributed by atoms with Crippen LogP contribution in [0.2, 0.25) is 0 Å². The van der Waals surface area contributed by atoms with Crippen LogP contribution in [0.1, 0.15) is 12.5 Å². The molecule has 0 spiro atoms. The number of carbonyl (C=O) groups is 2. The first-order valence-electron chi connectivity index (χ1n) is 4.87. The number of hydrogen-bond donors (Lipinski definition) is 1. The molecule has 17 heavy (non-hydrogen) atoms. The van der Waals surface area contributed by atoms with Gasteiger partial charge in [-0.05, 0) is 23.8 Å². The summed E-state index contributed by atoms with van der Waals surface area (Å²) in [6.07, 6.45) is 2.78. The van der Waals surface area contributed by atoms with E-state index in [1.807, 2.05) is 0 Å². The monoisotopic (exact) mass is 235 g/mol. The second-order valence-electron chi connectivity index (χ2n) is 3.24. The highest BCUT2D eigenvalue weighted by Crippen LogP contribution is 2.28. The van der Waals surface area contributed by atoms with Crippen LogP contribution in [0.4, 0.5) is 0 Å². The summed E-state index contributed by atoms with van der Waals surface area (Å²) in [5.74, 6) is -0.222. The Morgan fingerprint density at radius 2 is 2.00 bits per heavy atom. The van der Waals surface area contributed by atoms with Gasteiger partial charge in [0.2, 0.25) is 5.91 Å². The van der Waals surface area contributed by atoms with Gasteiger partial charge in [-0.2, -0.15) is 0 Å². The Morgan fingerprint density at radius 1 is 1.29 bits per heavy atom. The van der Waals surface area contributed by atoms with Crippen molar-refractivity contribution in [2.75, 3.05) is 7.11 Å². The maximum absolute atomic E-state index is 10.8. The predicted molar refractivity (Wildman–Crippen MR) is 62.5 cm³/mol. The van der Waals surface area contributed by atoms with Gasteiger partial charge in [0.25, 0.3) is 0 Å².